The fourth-order valence-corrected chi connectivity index (χ4v) is 3.64. The fraction of sp³-hybridized carbons (Fsp3) is 0.385. The molecular formula is C13H15N5O2S. The summed E-state index contributed by atoms with van der Waals surface area (Å²) in [6.07, 6.45) is 3.28. The molecule has 0 aromatic carbocycles. The summed E-state index contributed by atoms with van der Waals surface area (Å²) < 4.78 is 0. The van der Waals surface area contributed by atoms with Crippen molar-refractivity contribution in [2.45, 2.75) is 18.9 Å². The van der Waals surface area contributed by atoms with Crippen LogP contribution < -0.4 is 5.32 Å². The zero-order valence-electron chi connectivity index (χ0n) is 11.5. The molecule has 1 saturated heterocycles. The zero-order valence-corrected chi connectivity index (χ0v) is 12.3. The van der Waals surface area contributed by atoms with Gasteiger partial charge in [-0.25, -0.2) is 0 Å². The first-order valence-corrected chi connectivity index (χ1v) is 7.51. The van der Waals surface area contributed by atoms with Crippen molar-refractivity contribution in [1.29, 1.82) is 0 Å². The minimum atomic E-state index is -0.124. The lowest BCUT2D eigenvalue weighted by Gasteiger charge is -2.22. The SMILES string of the molecule is CNC(=O)c1ccc(C2CCCN2C(=O)c2cn[nH]n2)s1. The molecule has 1 unspecified atom stereocenters. The molecule has 2 N–H and O–H groups in total. The van der Waals surface area contributed by atoms with Gasteiger partial charge in [-0.2, -0.15) is 15.4 Å². The van der Waals surface area contributed by atoms with Gasteiger partial charge in [-0.05, 0) is 25.0 Å². The Kier molecular flexibility index (Phi) is 3.70. The van der Waals surface area contributed by atoms with E-state index >= 15 is 0 Å². The Morgan fingerprint density at radius 3 is 3.05 bits per heavy atom. The number of amides is 2. The Bertz CT molecular complexity index is 651. The van der Waals surface area contributed by atoms with Crippen molar-refractivity contribution in [3.05, 3.63) is 33.8 Å². The highest BCUT2D eigenvalue weighted by Crippen LogP contribution is 2.36. The smallest absolute Gasteiger partial charge is 0.276 e. The van der Waals surface area contributed by atoms with E-state index in [9.17, 15) is 9.59 Å². The van der Waals surface area contributed by atoms with Crippen molar-refractivity contribution in [3.8, 4) is 0 Å². The second-order valence-corrected chi connectivity index (χ2v) is 5.91. The molecule has 0 spiro atoms. The minimum Gasteiger partial charge on any atom is -0.354 e. The number of aromatic amines is 1. The van der Waals surface area contributed by atoms with Gasteiger partial charge in [0.25, 0.3) is 11.8 Å². The summed E-state index contributed by atoms with van der Waals surface area (Å²) in [6.45, 7) is 0.698. The molecular weight excluding hydrogens is 290 g/mol. The fourth-order valence-electron chi connectivity index (χ4n) is 2.53. The molecule has 1 atom stereocenters. The molecule has 110 valence electrons. The van der Waals surface area contributed by atoms with E-state index < -0.39 is 0 Å². The lowest BCUT2D eigenvalue weighted by molar-refractivity contribution is 0.0731. The number of aromatic nitrogens is 3. The Balaban J connectivity index is 1.82. The largest absolute Gasteiger partial charge is 0.354 e. The number of carbonyl (C=O) groups excluding carboxylic acids is 2. The molecule has 8 heteroatoms. The first-order valence-electron chi connectivity index (χ1n) is 6.69. The Morgan fingerprint density at radius 2 is 2.33 bits per heavy atom. The summed E-state index contributed by atoms with van der Waals surface area (Å²) in [6, 6.07) is 3.74. The lowest BCUT2D eigenvalue weighted by Crippen LogP contribution is -2.30. The standard InChI is InChI=1S/C13H15N5O2S/c1-14-12(19)11-5-4-10(21-11)9-3-2-6-18(9)13(20)8-7-15-17-16-8/h4-5,7,9H,2-3,6H2,1H3,(H,14,19)(H,15,16,17). The molecule has 1 fully saturated rings. The summed E-state index contributed by atoms with van der Waals surface area (Å²) >= 11 is 1.43. The van der Waals surface area contributed by atoms with Crippen LogP contribution in [0.25, 0.3) is 0 Å². The maximum atomic E-state index is 12.4. The van der Waals surface area contributed by atoms with E-state index in [1.807, 2.05) is 6.07 Å². The van der Waals surface area contributed by atoms with E-state index in [1.165, 1.54) is 17.5 Å². The average Bonchev–Trinajstić information content (AvgIpc) is 3.25. The maximum absolute atomic E-state index is 12.4. The second-order valence-electron chi connectivity index (χ2n) is 4.79. The maximum Gasteiger partial charge on any atom is 0.276 e. The Hall–Kier alpha value is -2.22. The number of nitrogens with one attached hydrogen (secondary N) is 2. The van der Waals surface area contributed by atoms with Gasteiger partial charge in [-0.15, -0.1) is 11.3 Å². The molecule has 21 heavy (non-hydrogen) atoms. The van der Waals surface area contributed by atoms with Crippen molar-refractivity contribution in [1.82, 2.24) is 25.6 Å². The van der Waals surface area contributed by atoms with Gasteiger partial charge in [0.15, 0.2) is 5.69 Å². The topological polar surface area (TPSA) is 91.0 Å². The second kappa shape index (κ2) is 5.65. The minimum absolute atomic E-state index is 0.0117. The van der Waals surface area contributed by atoms with Gasteiger partial charge in [-0.3, -0.25) is 9.59 Å². The molecule has 1 aliphatic heterocycles. The number of thiophene rings is 1. The van der Waals surface area contributed by atoms with Gasteiger partial charge in [0, 0.05) is 18.5 Å². The van der Waals surface area contributed by atoms with Crippen LogP contribution in [0.15, 0.2) is 18.3 Å². The van der Waals surface area contributed by atoms with E-state index in [-0.39, 0.29) is 17.9 Å². The first kappa shape index (κ1) is 13.7. The van der Waals surface area contributed by atoms with Crippen LogP contribution in [0.3, 0.4) is 0 Å². The van der Waals surface area contributed by atoms with Crippen LogP contribution in [-0.2, 0) is 0 Å². The van der Waals surface area contributed by atoms with Gasteiger partial charge >= 0.3 is 0 Å². The third kappa shape index (κ3) is 2.54. The number of H-pyrrole nitrogens is 1. The Labute approximate surface area is 125 Å². The van der Waals surface area contributed by atoms with Gasteiger partial charge in [0.2, 0.25) is 0 Å². The van der Waals surface area contributed by atoms with Crippen molar-refractivity contribution < 1.29 is 9.59 Å². The lowest BCUT2D eigenvalue weighted by atomic mass is 10.2. The quantitative estimate of drug-likeness (QED) is 0.891. The molecule has 0 aliphatic carbocycles. The average molecular weight is 305 g/mol. The number of carbonyl (C=O) groups is 2. The highest BCUT2D eigenvalue weighted by Gasteiger charge is 2.32. The van der Waals surface area contributed by atoms with Crippen molar-refractivity contribution in [2.24, 2.45) is 0 Å². The van der Waals surface area contributed by atoms with Gasteiger partial charge < -0.3 is 10.2 Å². The van der Waals surface area contributed by atoms with E-state index in [0.717, 1.165) is 17.7 Å². The van der Waals surface area contributed by atoms with Crippen LogP contribution >= 0.6 is 11.3 Å². The van der Waals surface area contributed by atoms with Crippen LogP contribution in [0.2, 0.25) is 0 Å². The summed E-state index contributed by atoms with van der Waals surface area (Å²) in [5, 5.41) is 12.6. The van der Waals surface area contributed by atoms with Crippen molar-refractivity contribution in [3.63, 3.8) is 0 Å². The number of hydrogen-bond acceptors (Lipinski definition) is 5. The normalized spacial score (nSPS) is 18.0. The molecule has 7 nitrogen and oxygen atoms in total. The van der Waals surface area contributed by atoms with E-state index in [4.69, 9.17) is 0 Å². The van der Waals surface area contributed by atoms with Crippen LogP contribution in [-0.4, -0.2) is 45.7 Å². The number of nitrogens with zero attached hydrogens (tertiary/aromatic N) is 3. The molecule has 2 aromatic rings. The number of rotatable bonds is 3. The van der Waals surface area contributed by atoms with Crippen LogP contribution in [0.4, 0.5) is 0 Å². The molecule has 2 amide bonds. The molecule has 0 bridgehead atoms. The third-order valence-corrected chi connectivity index (χ3v) is 4.74. The molecule has 0 radical (unpaired) electrons. The van der Waals surface area contributed by atoms with E-state index in [2.05, 4.69) is 20.7 Å². The van der Waals surface area contributed by atoms with Crippen LogP contribution in [0, 0.1) is 0 Å². The Morgan fingerprint density at radius 1 is 1.48 bits per heavy atom. The molecule has 3 heterocycles. The molecule has 2 aromatic heterocycles. The van der Waals surface area contributed by atoms with Gasteiger partial charge in [0.05, 0.1) is 17.1 Å². The third-order valence-electron chi connectivity index (χ3n) is 3.55. The van der Waals surface area contributed by atoms with E-state index in [0.29, 0.717) is 17.1 Å². The van der Waals surface area contributed by atoms with E-state index in [1.54, 1.807) is 18.0 Å². The summed E-state index contributed by atoms with van der Waals surface area (Å²) in [5.74, 6) is -0.222. The first-order chi connectivity index (χ1) is 10.2. The predicted molar refractivity (Wildman–Crippen MR) is 77.1 cm³/mol. The number of likely N-dealkylation sites (tertiary alicyclic amines) is 1. The van der Waals surface area contributed by atoms with Crippen LogP contribution in [0.5, 0.6) is 0 Å². The summed E-state index contributed by atoms with van der Waals surface area (Å²) in [4.78, 5) is 27.6. The summed E-state index contributed by atoms with van der Waals surface area (Å²) in [7, 11) is 1.61. The molecule has 3 rings (SSSR count). The highest BCUT2D eigenvalue weighted by atomic mass is 32.1. The van der Waals surface area contributed by atoms with Crippen LogP contribution in [0.1, 0.15) is 43.9 Å². The molecule has 1 aliphatic rings. The van der Waals surface area contributed by atoms with Gasteiger partial charge in [-0.1, -0.05) is 0 Å². The number of hydrogen-bond donors (Lipinski definition) is 2. The monoisotopic (exact) mass is 305 g/mol. The molecule has 0 saturated carbocycles. The predicted octanol–water partition coefficient (Wildman–Crippen LogP) is 1.20. The highest BCUT2D eigenvalue weighted by molar-refractivity contribution is 7.14. The summed E-state index contributed by atoms with van der Waals surface area (Å²) in [5.41, 5.74) is 0.324. The van der Waals surface area contributed by atoms with Crippen molar-refractivity contribution >= 4 is 23.2 Å². The van der Waals surface area contributed by atoms with Gasteiger partial charge in [0.1, 0.15) is 0 Å². The van der Waals surface area contributed by atoms with Crippen molar-refractivity contribution in [2.75, 3.05) is 13.6 Å². The zero-order chi connectivity index (χ0) is 14.8.